The van der Waals surface area contributed by atoms with Crippen molar-refractivity contribution in [3.63, 3.8) is 0 Å². The number of aromatic nitrogens is 2. The molecule has 0 fully saturated rings. The lowest BCUT2D eigenvalue weighted by Gasteiger charge is -2.18. The Balaban J connectivity index is 2.78. The van der Waals surface area contributed by atoms with E-state index >= 15 is 0 Å². The number of nitrogens with one attached hydrogen (secondary N) is 1. The topological polar surface area (TPSA) is 53.6 Å². The van der Waals surface area contributed by atoms with Gasteiger partial charge in [0, 0.05) is 13.1 Å². The van der Waals surface area contributed by atoms with Crippen molar-refractivity contribution in [1.29, 1.82) is 5.26 Å². The molecule has 4 nitrogen and oxygen atoms in total. The molecule has 0 radical (unpaired) electrons. The molecule has 2 atom stereocenters. The van der Waals surface area contributed by atoms with Crippen LogP contribution in [-0.4, -0.2) is 15.8 Å². The van der Waals surface area contributed by atoms with Crippen molar-refractivity contribution in [3.05, 3.63) is 11.3 Å². The number of hydrogen-bond donors (Lipinski definition) is 1. The average Bonchev–Trinajstić information content (AvgIpc) is 2.53. The third-order valence-electron chi connectivity index (χ3n) is 3.17. The smallest absolute Gasteiger partial charge is 0.142 e. The summed E-state index contributed by atoms with van der Waals surface area (Å²) in [5.74, 6) is 1.53. The van der Waals surface area contributed by atoms with E-state index in [0.29, 0.717) is 17.5 Å². The van der Waals surface area contributed by atoms with E-state index in [9.17, 15) is 0 Å². The van der Waals surface area contributed by atoms with E-state index in [4.69, 9.17) is 5.26 Å². The van der Waals surface area contributed by atoms with Crippen LogP contribution in [0.25, 0.3) is 0 Å². The predicted molar refractivity (Wildman–Crippen MR) is 69.8 cm³/mol. The van der Waals surface area contributed by atoms with E-state index in [1.165, 1.54) is 6.42 Å². The Bertz CT molecular complexity index is 414. The zero-order valence-electron chi connectivity index (χ0n) is 11.4. The van der Waals surface area contributed by atoms with Crippen molar-refractivity contribution < 1.29 is 0 Å². The van der Waals surface area contributed by atoms with Gasteiger partial charge in [-0.2, -0.15) is 10.4 Å². The Hall–Kier alpha value is -1.50. The Kier molecular flexibility index (Phi) is 4.56. The molecule has 4 heteroatoms. The van der Waals surface area contributed by atoms with Gasteiger partial charge < -0.3 is 5.32 Å². The van der Waals surface area contributed by atoms with Gasteiger partial charge in [-0.05, 0) is 26.2 Å². The highest BCUT2D eigenvalue weighted by atomic mass is 15.3. The van der Waals surface area contributed by atoms with Gasteiger partial charge in [0.05, 0.1) is 5.69 Å². The van der Waals surface area contributed by atoms with Crippen LogP contribution in [-0.2, 0) is 7.05 Å². The van der Waals surface area contributed by atoms with Crippen LogP contribution in [0.3, 0.4) is 0 Å². The van der Waals surface area contributed by atoms with Crippen LogP contribution >= 0.6 is 0 Å². The minimum absolute atomic E-state index is 0.354. The fraction of sp³-hybridized carbons (Fsp3) is 0.692. The second kappa shape index (κ2) is 5.72. The Labute approximate surface area is 104 Å². The van der Waals surface area contributed by atoms with E-state index in [1.54, 1.807) is 4.68 Å². The number of anilines is 1. The zero-order valence-corrected chi connectivity index (χ0v) is 11.4. The largest absolute Gasteiger partial charge is 0.367 e. The molecule has 2 unspecified atom stereocenters. The molecule has 1 rings (SSSR count). The first-order chi connectivity index (χ1) is 7.99. The Morgan fingerprint density at radius 2 is 2.12 bits per heavy atom. The van der Waals surface area contributed by atoms with Gasteiger partial charge in [-0.3, -0.25) is 4.68 Å². The number of nitriles is 1. The first-order valence-electron chi connectivity index (χ1n) is 6.19. The van der Waals surface area contributed by atoms with Crippen LogP contribution in [0.4, 0.5) is 5.82 Å². The molecule has 0 aliphatic heterocycles. The number of aryl methyl sites for hydroxylation is 2. The van der Waals surface area contributed by atoms with Gasteiger partial charge in [0.25, 0.3) is 0 Å². The summed E-state index contributed by atoms with van der Waals surface area (Å²) < 4.78 is 1.75. The predicted octanol–water partition coefficient (Wildman–Crippen LogP) is 2.84. The maximum Gasteiger partial charge on any atom is 0.142 e. The van der Waals surface area contributed by atoms with E-state index in [0.717, 1.165) is 17.9 Å². The summed E-state index contributed by atoms with van der Waals surface area (Å²) in [7, 11) is 1.87. The van der Waals surface area contributed by atoms with Gasteiger partial charge in [-0.15, -0.1) is 0 Å². The maximum atomic E-state index is 9.11. The van der Waals surface area contributed by atoms with Crippen LogP contribution in [0.5, 0.6) is 0 Å². The molecule has 0 spiro atoms. The summed E-state index contributed by atoms with van der Waals surface area (Å²) in [5.41, 5.74) is 1.44. The average molecular weight is 234 g/mol. The van der Waals surface area contributed by atoms with Gasteiger partial charge in [-0.1, -0.05) is 20.3 Å². The van der Waals surface area contributed by atoms with E-state index in [1.807, 2.05) is 14.0 Å². The molecule has 1 heterocycles. The van der Waals surface area contributed by atoms with E-state index < -0.39 is 0 Å². The Morgan fingerprint density at radius 1 is 1.47 bits per heavy atom. The zero-order chi connectivity index (χ0) is 13.0. The van der Waals surface area contributed by atoms with Crippen molar-refractivity contribution in [1.82, 2.24) is 9.78 Å². The van der Waals surface area contributed by atoms with Crippen LogP contribution in [0.2, 0.25) is 0 Å². The van der Waals surface area contributed by atoms with Crippen LogP contribution in [0, 0.1) is 24.2 Å². The minimum Gasteiger partial charge on any atom is -0.367 e. The number of hydrogen-bond acceptors (Lipinski definition) is 3. The molecule has 0 bridgehead atoms. The van der Waals surface area contributed by atoms with Crippen LogP contribution < -0.4 is 5.32 Å². The molecule has 0 aromatic carbocycles. The number of nitrogens with zero attached hydrogens (tertiary/aromatic N) is 3. The molecule has 0 saturated heterocycles. The normalized spacial score (nSPS) is 14.1. The molecule has 17 heavy (non-hydrogen) atoms. The summed E-state index contributed by atoms with van der Waals surface area (Å²) in [6.07, 6.45) is 2.28. The van der Waals surface area contributed by atoms with Crippen molar-refractivity contribution in [2.24, 2.45) is 13.0 Å². The van der Waals surface area contributed by atoms with E-state index in [-0.39, 0.29) is 0 Å². The van der Waals surface area contributed by atoms with Gasteiger partial charge in [-0.25, -0.2) is 0 Å². The first-order valence-corrected chi connectivity index (χ1v) is 6.19. The van der Waals surface area contributed by atoms with Crippen LogP contribution in [0.15, 0.2) is 0 Å². The third-order valence-corrected chi connectivity index (χ3v) is 3.17. The SMILES string of the molecule is CCC(C)CC(C)Nc1c(C#N)c(C)nn1C. The quantitative estimate of drug-likeness (QED) is 0.852. The van der Waals surface area contributed by atoms with Gasteiger partial charge in [0.15, 0.2) is 0 Å². The summed E-state index contributed by atoms with van der Waals surface area (Å²) in [5, 5.41) is 16.8. The Morgan fingerprint density at radius 3 is 2.65 bits per heavy atom. The lowest BCUT2D eigenvalue weighted by Crippen LogP contribution is -2.20. The second-order valence-corrected chi connectivity index (χ2v) is 4.84. The van der Waals surface area contributed by atoms with Crippen molar-refractivity contribution >= 4 is 5.82 Å². The third kappa shape index (κ3) is 3.23. The molecule has 0 aliphatic rings. The minimum atomic E-state index is 0.354. The molecule has 1 N–H and O–H groups in total. The fourth-order valence-corrected chi connectivity index (χ4v) is 2.02. The molecule has 1 aromatic heterocycles. The van der Waals surface area contributed by atoms with Crippen molar-refractivity contribution in [3.8, 4) is 6.07 Å². The molecule has 1 aromatic rings. The van der Waals surface area contributed by atoms with Crippen molar-refractivity contribution in [2.45, 2.75) is 46.6 Å². The summed E-state index contributed by atoms with van der Waals surface area (Å²) in [6.45, 7) is 8.46. The molecular weight excluding hydrogens is 212 g/mol. The fourth-order valence-electron chi connectivity index (χ4n) is 2.02. The molecule has 0 saturated carbocycles. The van der Waals surface area contributed by atoms with Crippen molar-refractivity contribution in [2.75, 3.05) is 5.32 Å². The van der Waals surface area contributed by atoms with Crippen LogP contribution in [0.1, 0.15) is 44.9 Å². The number of rotatable bonds is 5. The molecule has 0 aliphatic carbocycles. The maximum absolute atomic E-state index is 9.11. The monoisotopic (exact) mass is 234 g/mol. The molecule has 94 valence electrons. The standard InChI is InChI=1S/C13H22N4/c1-6-9(2)7-10(3)15-13-12(8-14)11(4)16-17(13)5/h9-10,15H,6-7H2,1-5H3. The molecular formula is C13H22N4. The lowest BCUT2D eigenvalue weighted by atomic mass is 10.0. The summed E-state index contributed by atoms with van der Waals surface area (Å²) in [4.78, 5) is 0. The first kappa shape index (κ1) is 13.6. The van der Waals surface area contributed by atoms with Gasteiger partial charge >= 0.3 is 0 Å². The highest BCUT2D eigenvalue weighted by molar-refractivity contribution is 5.55. The van der Waals surface area contributed by atoms with Gasteiger partial charge in [0.1, 0.15) is 17.5 Å². The summed E-state index contributed by atoms with van der Waals surface area (Å²) in [6, 6.07) is 2.57. The molecule has 0 amide bonds. The van der Waals surface area contributed by atoms with Gasteiger partial charge in [0.2, 0.25) is 0 Å². The summed E-state index contributed by atoms with van der Waals surface area (Å²) >= 11 is 0. The van der Waals surface area contributed by atoms with E-state index in [2.05, 4.69) is 37.3 Å². The second-order valence-electron chi connectivity index (χ2n) is 4.84. The highest BCUT2D eigenvalue weighted by Gasteiger charge is 2.15. The highest BCUT2D eigenvalue weighted by Crippen LogP contribution is 2.20. The lowest BCUT2D eigenvalue weighted by molar-refractivity contribution is 0.482.